The number of aromatic hydroxyl groups is 1. The molecule has 0 unspecified atom stereocenters. The molecule has 0 fully saturated rings. The van der Waals surface area contributed by atoms with Gasteiger partial charge in [-0.15, -0.1) is 0 Å². The molecule has 116 valence electrons. The van der Waals surface area contributed by atoms with Crippen LogP contribution in [0.5, 0.6) is 23.0 Å². The SMILES string of the molecule is COc1cc([C@H]2Oc3c(OC)cccc3[C@@H]2CO)ccc1O. The molecule has 2 aromatic rings. The highest BCUT2D eigenvalue weighted by Crippen LogP contribution is 2.50. The number of phenolic OH excluding ortho intramolecular Hbond substituents is 1. The summed E-state index contributed by atoms with van der Waals surface area (Å²) in [6.07, 6.45) is -0.356. The minimum atomic E-state index is -0.356. The van der Waals surface area contributed by atoms with E-state index in [1.807, 2.05) is 18.2 Å². The number of aliphatic hydroxyl groups is 1. The lowest BCUT2D eigenvalue weighted by Crippen LogP contribution is -2.13. The van der Waals surface area contributed by atoms with E-state index in [4.69, 9.17) is 14.2 Å². The van der Waals surface area contributed by atoms with Gasteiger partial charge in [0.1, 0.15) is 6.10 Å². The van der Waals surface area contributed by atoms with Gasteiger partial charge in [-0.2, -0.15) is 0 Å². The van der Waals surface area contributed by atoms with Gasteiger partial charge < -0.3 is 24.4 Å². The van der Waals surface area contributed by atoms with Gasteiger partial charge in [0, 0.05) is 5.56 Å². The van der Waals surface area contributed by atoms with Gasteiger partial charge in [0.2, 0.25) is 0 Å². The fourth-order valence-corrected chi connectivity index (χ4v) is 2.85. The second-order valence-corrected chi connectivity index (χ2v) is 5.14. The molecule has 0 aromatic heterocycles. The molecule has 2 aromatic carbocycles. The zero-order valence-electron chi connectivity index (χ0n) is 12.4. The second-order valence-electron chi connectivity index (χ2n) is 5.14. The number of rotatable bonds is 4. The zero-order chi connectivity index (χ0) is 15.7. The Morgan fingerprint density at radius 2 is 1.86 bits per heavy atom. The van der Waals surface area contributed by atoms with Crippen molar-refractivity contribution in [2.75, 3.05) is 20.8 Å². The van der Waals surface area contributed by atoms with Crippen LogP contribution in [0.15, 0.2) is 36.4 Å². The van der Waals surface area contributed by atoms with Gasteiger partial charge in [0.25, 0.3) is 0 Å². The summed E-state index contributed by atoms with van der Waals surface area (Å²) < 4.78 is 16.5. The van der Waals surface area contributed by atoms with Crippen molar-refractivity contribution in [2.24, 2.45) is 0 Å². The van der Waals surface area contributed by atoms with Crippen LogP contribution < -0.4 is 14.2 Å². The third-order valence-electron chi connectivity index (χ3n) is 3.97. The number of methoxy groups -OCH3 is 2. The van der Waals surface area contributed by atoms with Crippen molar-refractivity contribution in [2.45, 2.75) is 12.0 Å². The number of phenols is 1. The van der Waals surface area contributed by atoms with Crippen molar-refractivity contribution in [1.29, 1.82) is 0 Å². The lowest BCUT2D eigenvalue weighted by atomic mass is 9.91. The van der Waals surface area contributed by atoms with Crippen LogP contribution in [0.3, 0.4) is 0 Å². The number of para-hydroxylation sites is 1. The van der Waals surface area contributed by atoms with E-state index in [1.165, 1.54) is 7.11 Å². The molecule has 0 radical (unpaired) electrons. The Balaban J connectivity index is 2.03. The van der Waals surface area contributed by atoms with E-state index >= 15 is 0 Å². The van der Waals surface area contributed by atoms with Crippen LogP contribution in [-0.4, -0.2) is 31.0 Å². The lowest BCUT2D eigenvalue weighted by molar-refractivity contribution is 0.157. The molecule has 0 bridgehead atoms. The molecule has 0 aliphatic carbocycles. The molecule has 0 amide bonds. The Morgan fingerprint density at radius 1 is 1.09 bits per heavy atom. The molecule has 3 rings (SSSR count). The van der Waals surface area contributed by atoms with Crippen LogP contribution >= 0.6 is 0 Å². The number of benzene rings is 2. The van der Waals surface area contributed by atoms with Crippen LogP contribution in [0.1, 0.15) is 23.1 Å². The van der Waals surface area contributed by atoms with Gasteiger partial charge in [-0.05, 0) is 23.8 Å². The topological polar surface area (TPSA) is 68.2 Å². The van der Waals surface area contributed by atoms with E-state index in [-0.39, 0.29) is 24.4 Å². The van der Waals surface area contributed by atoms with E-state index in [9.17, 15) is 10.2 Å². The van der Waals surface area contributed by atoms with Crippen molar-refractivity contribution in [3.8, 4) is 23.0 Å². The van der Waals surface area contributed by atoms with Gasteiger partial charge >= 0.3 is 0 Å². The summed E-state index contributed by atoms with van der Waals surface area (Å²) in [6.45, 7) is -0.0476. The second kappa shape index (κ2) is 5.77. The van der Waals surface area contributed by atoms with Crippen molar-refractivity contribution in [1.82, 2.24) is 0 Å². The lowest BCUT2D eigenvalue weighted by Gasteiger charge is -2.18. The molecule has 2 N–H and O–H groups in total. The largest absolute Gasteiger partial charge is 0.504 e. The van der Waals surface area contributed by atoms with Gasteiger partial charge in [-0.1, -0.05) is 18.2 Å². The third kappa shape index (κ3) is 2.23. The molecule has 0 saturated carbocycles. The number of ether oxygens (including phenoxy) is 3. The van der Waals surface area contributed by atoms with Crippen molar-refractivity contribution >= 4 is 0 Å². The summed E-state index contributed by atoms with van der Waals surface area (Å²) in [7, 11) is 3.08. The summed E-state index contributed by atoms with van der Waals surface area (Å²) in [5, 5.41) is 19.5. The number of aliphatic hydroxyl groups excluding tert-OH is 1. The molecular weight excluding hydrogens is 284 g/mol. The van der Waals surface area contributed by atoms with Crippen molar-refractivity contribution in [3.63, 3.8) is 0 Å². The number of hydrogen-bond acceptors (Lipinski definition) is 5. The summed E-state index contributed by atoms with van der Waals surface area (Å²) in [6, 6.07) is 10.7. The minimum Gasteiger partial charge on any atom is -0.504 e. The highest BCUT2D eigenvalue weighted by Gasteiger charge is 2.37. The maximum atomic E-state index is 9.79. The summed E-state index contributed by atoms with van der Waals surface area (Å²) in [4.78, 5) is 0. The maximum absolute atomic E-state index is 9.79. The molecular formula is C17H18O5. The summed E-state index contributed by atoms with van der Waals surface area (Å²) in [5.41, 5.74) is 1.74. The normalized spacial score (nSPS) is 19.4. The van der Waals surface area contributed by atoms with E-state index in [1.54, 1.807) is 25.3 Å². The van der Waals surface area contributed by atoms with Crippen LogP contribution in [0, 0.1) is 0 Å². The quantitative estimate of drug-likeness (QED) is 0.908. The summed E-state index contributed by atoms with van der Waals surface area (Å²) in [5.74, 6) is 1.55. The first-order valence-electron chi connectivity index (χ1n) is 7.01. The molecule has 0 saturated heterocycles. The van der Waals surface area contributed by atoms with Gasteiger partial charge in [0.15, 0.2) is 23.0 Å². The highest BCUT2D eigenvalue weighted by atomic mass is 16.5. The predicted molar refractivity (Wildman–Crippen MR) is 80.8 cm³/mol. The minimum absolute atomic E-state index is 0.0476. The standard InChI is InChI=1S/C17H18O5/c1-20-14-5-3-4-11-12(9-18)16(22-17(11)14)10-6-7-13(19)15(8-10)21-2/h3-8,12,16,18-19H,9H2,1-2H3/t12-,16+/m0/s1. The average molecular weight is 302 g/mol. The summed E-state index contributed by atoms with van der Waals surface area (Å²) >= 11 is 0. The van der Waals surface area contributed by atoms with Gasteiger partial charge in [0.05, 0.1) is 26.7 Å². The Morgan fingerprint density at radius 3 is 2.55 bits per heavy atom. The Kier molecular flexibility index (Phi) is 3.81. The first-order chi connectivity index (χ1) is 10.7. The molecule has 1 aliphatic rings. The van der Waals surface area contributed by atoms with Gasteiger partial charge in [-0.3, -0.25) is 0 Å². The molecule has 5 heteroatoms. The van der Waals surface area contributed by atoms with E-state index < -0.39 is 0 Å². The molecule has 22 heavy (non-hydrogen) atoms. The molecule has 5 nitrogen and oxygen atoms in total. The van der Waals surface area contributed by atoms with E-state index in [0.717, 1.165) is 11.1 Å². The molecule has 0 spiro atoms. The average Bonchev–Trinajstić information content (AvgIpc) is 2.93. The van der Waals surface area contributed by atoms with Crippen molar-refractivity contribution < 1.29 is 24.4 Å². The van der Waals surface area contributed by atoms with Crippen molar-refractivity contribution in [3.05, 3.63) is 47.5 Å². The van der Waals surface area contributed by atoms with E-state index in [2.05, 4.69) is 0 Å². The molecule has 1 heterocycles. The zero-order valence-corrected chi connectivity index (χ0v) is 12.4. The number of hydrogen-bond donors (Lipinski definition) is 2. The molecule has 1 aliphatic heterocycles. The van der Waals surface area contributed by atoms with Crippen LogP contribution in [0.2, 0.25) is 0 Å². The van der Waals surface area contributed by atoms with Crippen LogP contribution in [0.4, 0.5) is 0 Å². The monoisotopic (exact) mass is 302 g/mol. The predicted octanol–water partition coefficient (Wildman–Crippen LogP) is 2.62. The fraction of sp³-hybridized carbons (Fsp3) is 0.294. The third-order valence-corrected chi connectivity index (χ3v) is 3.97. The first kappa shape index (κ1) is 14.5. The Hall–Kier alpha value is -2.40. The Bertz CT molecular complexity index is 683. The Labute approximate surface area is 128 Å². The fourth-order valence-electron chi connectivity index (χ4n) is 2.85. The molecule has 2 atom stereocenters. The van der Waals surface area contributed by atoms with Crippen LogP contribution in [-0.2, 0) is 0 Å². The highest BCUT2D eigenvalue weighted by molar-refractivity contribution is 5.53. The smallest absolute Gasteiger partial charge is 0.165 e. The number of fused-ring (bicyclic) bond motifs is 1. The van der Waals surface area contributed by atoms with Crippen LogP contribution in [0.25, 0.3) is 0 Å². The van der Waals surface area contributed by atoms with Gasteiger partial charge in [-0.25, -0.2) is 0 Å². The first-order valence-corrected chi connectivity index (χ1v) is 7.01. The maximum Gasteiger partial charge on any atom is 0.165 e. The van der Waals surface area contributed by atoms with E-state index in [0.29, 0.717) is 17.2 Å².